The first-order chi connectivity index (χ1) is 12.2. The molecule has 3 rings (SSSR count). The third-order valence-electron chi connectivity index (χ3n) is 3.76. The van der Waals surface area contributed by atoms with Gasteiger partial charge in [0.2, 0.25) is 5.88 Å². The number of rotatable bonds is 6. The second kappa shape index (κ2) is 10.3. The molecule has 134 valence electrons. The predicted octanol–water partition coefficient (Wildman–Crippen LogP) is 3.44. The van der Waals surface area contributed by atoms with Gasteiger partial charge in [0.1, 0.15) is 11.5 Å². The molecule has 1 fully saturated rings. The molecule has 1 aromatic heterocycles. The van der Waals surface area contributed by atoms with Gasteiger partial charge < -0.3 is 19.5 Å². The SMILES string of the molecule is COc1ccc(Oc2ccccn2)cc1.O=C(O)CCN1CCCC1. The van der Waals surface area contributed by atoms with Crippen LogP contribution in [0.1, 0.15) is 19.3 Å². The van der Waals surface area contributed by atoms with Gasteiger partial charge in [-0.25, -0.2) is 4.98 Å². The highest BCUT2D eigenvalue weighted by Gasteiger charge is 2.11. The minimum Gasteiger partial charge on any atom is -0.497 e. The molecule has 0 atom stereocenters. The summed E-state index contributed by atoms with van der Waals surface area (Å²) < 4.78 is 10.6. The Balaban J connectivity index is 0.000000196. The molecule has 25 heavy (non-hydrogen) atoms. The van der Waals surface area contributed by atoms with Gasteiger partial charge in [-0.05, 0) is 56.3 Å². The summed E-state index contributed by atoms with van der Waals surface area (Å²) in [5.41, 5.74) is 0. The molecule has 0 aliphatic carbocycles. The highest BCUT2D eigenvalue weighted by atomic mass is 16.5. The molecule has 0 amide bonds. The van der Waals surface area contributed by atoms with Crippen molar-refractivity contribution in [3.05, 3.63) is 48.7 Å². The van der Waals surface area contributed by atoms with E-state index in [0.717, 1.165) is 31.1 Å². The Hall–Kier alpha value is -2.60. The summed E-state index contributed by atoms with van der Waals surface area (Å²) in [6.45, 7) is 2.91. The molecule has 1 aliphatic rings. The predicted molar refractivity (Wildman–Crippen MR) is 95.2 cm³/mol. The minimum absolute atomic E-state index is 0.292. The molecule has 1 aliphatic heterocycles. The average molecular weight is 344 g/mol. The smallest absolute Gasteiger partial charge is 0.304 e. The topological polar surface area (TPSA) is 71.9 Å². The van der Waals surface area contributed by atoms with Crippen LogP contribution in [0.2, 0.25) is 0 Å². The maximum atomic E-state index is 10.1. The highest BCUT2D eigenvalue weighted by molar-refractivity contribution is 5.66. The van der Waals surface area contributed by atoms with Gasteiger partial charge in [-0.3, -0.25) is 4.79 Å². The van der Waals surface area contributed by atoms with Gasteiger partial charge in [0.25, 0.3) is 0 Å². The van der Waals surface area contributed by atoms with E-state index in [1.807, 2.05) is 42.5 Å². The Kier molecular flexibility index (Phi) is 7.72. The number of pyridine rings is 1. The first-order valence-corrected chi connectivity index (χ1v) is 8.34. The molecule has 6 nitrogen and oxygen atoms in total. The average Bonchev–Trinajstić information content (AvgIpc) is 3.16. The van der Waals surface area contributed by atoms with Crippen molar-refractivity contribution in [2.24, 2.45) is 0 Å². The van der Waals surface area contributed by atoms with E-state index in [1.165, 1.54) is 12.8 Å². The van der Waals surface area contributed by atoms with Crippen molar-refractivity contribution < 1.29 is 19.4 Å². The standard InChI is InChI=1S/C12H11NO2.C7H13NO2/c1-14-10-5-7-11(8-6-10)15-12-4-2-3-9-13-12;9-7(10)3-6-8-4-1-2-5-8/h2-9H,1H3;1-6H2,(H,9,10). The van der Waals surface area contributed by atoms with Crippen LogP contribution in [0.4, 0.5) is 0 Å². The number of hydrogen-bond acceptors (Lipinski definition) is 5. The van der Waals surface area contributed by atoms with E-state index in [1.54, 1.807) is 13.3 Å². The molecule has 0 spiro atoms. The summed E-state index contributed by atoms with van der Waals surface area (Å²) in [5, 5.41) is 8.35. The zero-order chi connectivity index (χ0) is 17.9. The fourth-order valence-electron chi connectivity index (χ4n) is 2.43. The van der Waals surface area contributed by atoms with Gasteiger partial charge in [0.05, 0.1) is 13.5 Å². The maximum absolute atomic E-state index is 10.1. The van der Waals surface area contributed by atoms with Crippen molar-refractivity contribution in [3.8, 4) is 17.4 Å². The molecule has 0 saturated carbocycles. The zero-order valence-corrected chi connectivity index (χ0v) is 14.4. The Morgan fingerprint density at radius 1 is 1.12 bits per heavy atom. The molecule has 2 aromatic rings. The van der Waals surface area contributed by atoms with Crippen molar-refractivity contribution >= 4 is 5.97 Å². The summed E-state index contributed by atoms with van der Waals surface area (Å²) in [4.78, 5) is 16.4. The Bertz CT molecular complexity index is 626. The lowest BCUT2D eigenvalue weighted by atomic mass is 10.3. The van der Waals surface area contributed by atoms with E-state index in [2.05, 4.69) is 9.88 Å². The van der Waals surface area contributed by atoms with Crippen molar-refractivity contribution in [2.75, 3.05) is 26.7 Å². The van der Waals surface area contributed by atoms with Crippen molar-refractivity contribution in [1.29, 1.82) is 0 Å². The van der Waals surface area contributed by atoms with Gasteiger partial charge in [-0.15, -0.1) is 0 Å². The molecule has 0 radical (unpaired) electrons. The molecular formula is C19H24N2O4. The van der Waals surface area contributed by atoms with Crippen LogP contribution in [0.25, 0.3) is 0 Å². The monoisotopic (exact) mass is 344 g/mol. The van der Waals surface area contributed by atoms with Gasteiger partial charge in [0, 0.05) is 18.8 Å². The first-order valence-electron chi connectivity index (χ1n) is 8.34. The van der Waals surface area contributed by atoms with E-state index < -0.39 is 5.97 Å². The Morgan fingerprint density at radius 3 is 2.36 bits per heavy atom. The van der Waals surface area contributed by atoms with E-state index in [4.69, 9.17) is 14.6 Å². The fourth-order valence-corrected chi connectivity index (χ4v) is 2.43. The van der Waals surface area contributed by atoms with Crippen molar-refractivity contribution in [2.45, 2.75) is 19.3 Å². The molecule has 1 saturated heterocycles. The van der Waals surface area contributed by atoms with Crippen LogP contribution in [0.3, 0.4) is 0 Å². The normalized spacial score (nSPS) is 13.6. The largest absolute Gasteiger partial charge is 0.497 e. The summed E-state index contributed by atoms with van der Waals surface area (Å²) in [7, 11) is 1.63. The number of carboxylic acid groups (broad SMARTS) is 1. The minimum atomic E-state index is -0.688. The van der Waals surface area contributed by atoms with E-state index in [0.29, 0.717) is 12.3 Å². The third kappa shape index (κ3) is 7.22. The summed E-state index contributed by atoms with van der Waals surface area (Å²) in [5.74, 6) is 1.45. The molecule has 1 aromatic carbocycles. The molecule has 1 N–H and O–H groups in total. The molecule has 2 heterocycles. The van der Waals surface area contributed by atoms with E-state index >= 15 is 0 Å². The van der Waals surface area contributed by atoms with Gasteiger partial charge in [-0.2, -0.15) is 0 Å². The number of benzene rings is 1. The number of aliphatic carboxylic acids is 1. The van der Waals surface area contributed by atoms with Crippen LogP contribution in [-0.2, 0) is 4.79 Å². The lowest BCUT2D eigenvalue weighted by molar-refractivity contribution is -0.137. The van der Waals surface area contributed by atoms with Crippen LogP contribution in [0, 0.1) is 0 Å². The summed E-state index contributed by atoms with van der Waals surface area (Å²) >= 11 is 0. The molecule has 6 heteroatoms. The zero-order valence-electron chi connectivity index (χ0n) is 14.4. The van der Waals surface area contributed by atoms with Crippen LogP contribution in [0.15, 0.2) is 48.7 Å². The third-order valence-corrected chi connectivity index (χ3v) is 3.76. The van der Waals surface area contributed by atoms with Crippen molar-refractivity contribution in [3.63, 3.8) is 0 Å². The number of hydrogen-bond donors (Lipinski definition) is 1. The first kappa shape index (κ1) is 18.7. The van der Waals surface area contributed by atoms with Gasteiger partial charge in [0.15, 0.2) is 0 Å². The number of carbonyl (C=O) groups is 1. The lowest BCUT2D eigenvalue weighted by Gasteiger charge is -2.11. The van der Waals surface area contributed by atoms with Gasteiger partial charge in [-0.1, -0.05) is 6.07 Å². The van der Waals surface area contributed by atoms with E-state index in [-0.39, 0.29) is 0 Å². The molecule has 0 bridgehead atoms. The quantitative estimate of drug-likeness (QED) is 0.865. The van der Waals surface area contributed by atoms with Crippen LogP contribution >= 0.6 is 0 Å². The molecular weight excluding hydrogens is 320 g/mol. The Morgan fingerprint density at radius 2 is 1.80 bits per heavy atom. The van der Waals surface area contributed by atoms with Crippen LogP contribution < -0.4 is 9.47 Å². The van der Waals surface area contributed by atoms with E-state index in [9.17, 15) is 4.79 Å². The second-order valence-electron chi connectivity index (χ2n) is 5.64. The number of methoxy groups -OCH3 is 1. The highest BCUT2D eigenvalue weighted by Crippen LogP contribution is 2.21. The van der Waals surface area contributed by atoms with Crippen LogP contribution in [0.5, 0.6) is 17.4 Å². The summed E-state index contributed by atoms with van der Waals surface area (Å²) in [6, 6.07) is 12.9. The number of carboxylic acids is 1. The number of aromatic nitrogens is 1. The summed E-state index contributed by atoms with van der Waals surface area (Å²) in [6.07, 6.45) is 4.46. The fraction of sp³-hybridized carbons (Fsp3) is 0.368. The lowest BCUT2D eigenvalue weighted by Crippen LogP contribution is -2.22. The number of nitrogens with zero attached hydrogens (tertiary/aromatic N) is 2. The Labute approximate surface area is 148 Å². The molecule has 0 unspecified atom stereocenters. The maximum Gasteiger partial charge on any atom is 0.304 e. The number of likely N-dealkylation sites (tertiary alicyclic amines) is 1. The second-order valence-corrected chi connectivity index (χ2v) is 5.64. The van der Waals surface area contributed by atoms with Crippen molar-refractivity contribution in [1.82, 2.24) is 9.88 Å². The number of ether oxygens (including phenoxy) is 2. The van der Waals surface area contributed by atoms with Crippen LogP contribution in [-0.4, -0.2) is 47.7 Å². The van der Waals surface area contributed by atoms with Gasteiger partial charge >= 0.3 is 5.97 Å².